The SMILES string of the molecule is COc1cc(OC)cc(-c2nc(C3CC(=O)N(c4cc(Cl)ccc4F)C3)no2)c1. The molecule has 0 radical (unpaired) electrons. The van der Waals surface area contributed by atoms with Gasteiger partial charge in [0.1, 0.15) is 17.3 Å². The lowest BCUT2D eigenvalue weighted by Gasteiger charge is -2.17. The van der Waals surface area contributed by atoms with Gasteiger partial charge in [0, 0.05) is 35.5 Å². The Balaban J connectivity index is 1.59. The van der Waals surface area contributed by atoms with Crippen molar-refractivity contribution in [2.75, 3.05) is 25.7 Å². The van der Waals surface area contributed by atoms with Crippen LogP contribution in [-0.4, -0.2) is 36.8 Å². The van der Waals surface area contributed by atoms with Crippen molar-refractivity contribution in [2.45, 2.75) is 12.3 Å². The molecule has 1 aromatic heterocycles. The summed E-state index contributed by atoms with van der Waals surface area (Å²) < 4.78 is 30.1. The van der Waals surface area contributed by atoms with E-state index < -0.39 is 5.82 Å². The number of halogens is 2. The van der Waals surface area contributed by atoms with Gasteiger partial charge in [-0.15, -0.1) is 0 Å². The van der Waals surface area contributed by atoms with Gasteiger partial charge in [0.15, 0.2) is 5.82 Å². The smallest absolute Gasteiger partial charge is 0.258 e. The Bertz CT molecular complexity index is 1050. The molecule has 4 rings (SSSR count). The molecule has 1 fully saturated rings. The average Bonchev–Trinajstić information content (AvgIpc) is 3.36. The number of nitrogens with zero attached hydrogens (tertiary/aromatic N) is 3. The van der Waals surface area contributed by atoms with Crippen LogP contribution in [0.1, 0.15) is 18.2 Å². The fraction of sp³-hybridized carbons (Fsp3) is 0.250. The van der Waals surface area contributed by atoms with Gasteiger partial charge in [-0.05, 0) is 30.3 Å². The highest BCUT2D eigenvalue weighted by molar-refractivity contribution is 6.31. The van der Waals surface area contributed by atoms with Crippen LogP contribution in [0.15, 0.2) is 40.9 Å². The Labute approximate surface area is 171 Å². The Hall–Kier alpha value is -3.13. The first-order valence-electron chi connectivity index (χ1n) is 8.81. The number of carbonyl (C=O) groups is 1. The minimum Gasteiger partial charge on any atom is -0.497 e. The normalized spacial score (nSPS) is 16.3. The first kappa shape index (κ1) is 19.2. The third-order valence-corrected chi connectivity index (χ3v) is 4.96. The summed E-state index contributed by atoms with van der Waals surface area (Å²) in [5, 5.41) is 4.37. The second-order valence-electron chi connectivity index (χ2n) is 6.56. The average molecular weight is 418 g/mol. The molecule has 7 nitrogen and oxygen atoms in total. The van der Waals surface area contributed by atoms with E-state index >= 15 is 0 Å². The van der Waals surface area contributed by atoms with Gasteiger partial charge in [-0.1, -0.05) is 16.8 Å². The van der Waals surface area contributed by atoms with E-state index in [1.807, 2.05) is 0 Å². The standard InChI is InChI=1S/C20H17ClFN3O4/c1-27-14-5-11(6-15(9-14)28-2)20-23-19(24-29-20)12-7-18(26)25(10-12)17-8-13(21)3-4-16(17)22/h3-6,8-9,12H,7,10H2,1-2H3. The number of ether oxygens (including phenoxy) is 2. The Morgan fingerprint density at radius 1 is 1.17 bits per heavy atom. The summed E-state index contributed by atoms with van der Waals surface area (Å²) in [5.41, 5.74) is 0.772. The van der Waals surface area contributed by atoms with Gasteiger partial charge in [-0.3, -0.25) is 4.79 Å². The van der Waals surface area contributed by atoms with Crippen LogP contribution in [0.3, 0.4) is 0 Å². The van der Waals surface area contributed by atoms with Crippen molar-refractivity contribution in [3.8, 4) is 23.0 Å². The van der Waals surface area contributed by atoms with Crippen molar-refractivity contribution >= 4 is 23.2 Å². The highest BCUT2D eigenvalue weighted by Gasteiger charge is 2.36. The van der Waals surface area contributed by atoms with Crippen molar-refractivity contribution in [2.24, 2.45) is 0 Å². The van der Waals surface area contributed by atoms with Gasteiger partial charge in [0.2, 0.25) is 5.91 Å². The lowest BCUT2D eigenvalue weighted by Crippen LogP contribution is -2.25. The Kier molecular flexibility index (Phi) is 5.10. The number of benzene rings is 2. The molecule has 0 N–H and O–H groups in total. The van der Waals surface area contributed by atoms with E-state index in [9.17, 15) is 9.18 Å². The van der Waals surface area contributed by atoms with E-state index in [1.54, 1.807) is 32.4 Å². The van der Waals surface area contributed by atoms with Crippen LogP contribution < -0.4 is 14.4 Å². The number of amides is 1. The molecule has 150 valence electrons. The molecule has 2 aromatic carbocycles. The van der Waals surface area contributed by atoms with Crippen LogP contribution in [0.2, 0.25) is 5.02 Å². The molecule has 0 aliphatic carbocycles. The van der Waals surface area contributed by atoms with E-state index in [4.69, 9.17) is 25.6 Å². The van der Waals surface area contributed by atoms with E-state index in [0.717, 1.165) is 0 Å². The zero-order valence-corrected chi connectivity index (χ0v) is 16.4. The summed E-state index contributed by atoms with van der Waals surface area (Å²) in [6, 6.07) is 9.32. The van der Waals surface area contributed by atoms with Gasteiger partial charge < -0.3 is 18.9 Å². The minimum absolute atomic E-state index is 0.145. The molecule has 2 heterocycles. The minimum atomic E-state index is -0.513. The zero-order chi connectivity index (χ0) is 20.5. The molecule has 1 unspecified atom stereocenters. The molecule has 0 saturated carbocycles. The van der Waals surface area contributed by atoms with Gasteiger partial charge in [0.05, 0.1) is 19.9 Å². The molecule has 1 amide bonds. The van der Waals surface area contributed by atoms with Crippen LogP contribution in [0.4, 0.5) is 10.1 Å². The maximum atomic E-state index is 14.2. The molecule has 3 aromatic rings. The molecule has 1 aliphatic rings. The van der Waals surface area contributed by atoms with Crippen molar-refractivity contribution in [1.82, 2.24) is 10.1 Å². The van der Waals surface area contributed by atoms with E-state index in [1.165, 1.54) is 23.1 Å². The highest BCUT2D eigenvalue weighted by atomic mass is 35.5. The summed E-state index contributed by atoms with van der Waals surface area (Å²) in [6.45, 7) is 0.233. The second kappa shape index (κ2) is 7.71. The molecule has 29 heavy (non-hydrogen) atoms. The first-order valence-corrected chi connectivity index (χ1v) is 9.18. The van der Waals surface area contributed by atoms with E-state index in [0.29, 0.717) is 27.9 Å². The van der Waals surface area contributed by atoms with Crippen LogP contribution in [0.5, 0.6) is 11.5 Å². The van der Waals surface area contributed by atoms with Crippen molar-refractivity contribution in [1.29, 1.82) is 0 Å². The Morgan fingerprint density at radius 2 is 1.90 bits per heavy atom. The molecule has 0 bridgehead atoms. The highest BCUT2D eigenvalue weighted by Crippen LogP contribution is 2.35. The predicted molar refractivity (Wildman–Crippen MR) is 104 cm³/mol. The Morgan fingerprint density at radius 3 is 2.59 bits per heavy atom. The maximum absolute atomic E-state index is 14.2. The van der Waals surface area contributed by atoms with E-state index in [-0.39, 0.29) is 36.4 Å². The summed E-state index contributed by atoms with van der Waals surface area (Å²) in [5.74, 6) is 0.740. The van der Waals surface area contributed by atoms with Gasteiger partial charge in [-0.25, -0.2) is 4.39 Å². The monoisotopic (exact) mass is 417 g/mol. The summed E-state index contributed by atoms with van der Waals surface area (Å²) in [6.07, 6.45) is 0.145. The number of anilines is 1. The number of hydrogen-bond acceptors (Lipinski definition) is 6. The largest absolute Gasteiger partial charge is 0.497 e. The third kappa shape index (κ3) is 3.75. The third-order valence-electron chi connectivity index (χ3n) is 4.73. The number of hydrogen-bond donors (Lipinski definition) is 0. The van der Waals surface area contributed by atoms with E-state index in [2.05, 4.69) is 10.1 Å². The number of carbonyl (C=O) groups excluding carboxylic acids is 1. The van der Waals surface area contributed by atoms with Gasteiger partial charge >= 0.3 is 0 Å². The predicted octanol–water partition coefficient (Wildman–Crippen LogP) is 4.07. The van der Waals surface area contributed by atoms with Crippen LogP contribution in [-0.2, 0) is 4.79 Å². The summed E-state index contributed by atoms with van der Waals surface area (Å²) in [7, 11) is 3.09. The molecule has 0 spiro atoms. The summed E-state index contributed by atoms with van der Waals surface area (Å²) >= 11 is 5.95. The number of rotatable bonds is 5. The molecule has 1 saturated heterocycles. The molecule has 1 aliphatic heterocycles. The van der Waals surface area contributed by atoms with Crippen LogP contribution in [0.25, 0.3) is 11.5 Å². The lowest BCUT2D eigenvalue weighted by molar-refractivity contribution is -0.117. The number of methoxy groups -OCH3 is 2. The molecular formula is C20H17ClFN3O4. The zero-order valence-electron chi connectivity index (χ0n) is 15.7. The van der Waals surface area contributed by atoms with Crippen LogP contribution >= 0.6 is 11.6 Å². The molecule has 1 atom stereocenters. The maximum Gasteiger partial charge on any atom is 0.258 e. The van der Waals surface area contributed by atoms with Crippen LogP contribution in [0, 0.1) is 5.82 Å². The molecule has 9 heteroatoms. The van der Waals surface area contributed by atoms with Crippen molar-refractivity contribution in [3.63, 3.8) is 0 Å². The van der Waals surface area contributed by atoms with Gasteiger partial charge in [-0.2, -0.15) is 4.98 Å². The van der Waals surface area contributed by atoms with Crippen molar-refractivity contribution in [3.05, 3.63) is 53.1 Å². The lowest BCUT2D eigenvalue weighted by atomic mass is 10.1. The first-order chi connectivity index (χ1) is 14.0. The fourth-order valence-electron chi connectivity index (χ4n) is 3.25. The van der Waals surface area contributed by atoms with Crippen molar-refractivity contribution < 1.29 is 23.2 Å². The second-order valence-corrected chi connectivity index (χ2v) is 7.00. The quantitative estimate of drug-likeness (QED) is 0.622. The topological polar surface area (TPSA) is 77.7 Å². The summed E-state index contributed by atoms with van der Waals surface area (Å²) in [4.78, 5) is 18.2. The molecular weight excluding hydrogens is 401 g/mol. The van der Waals surface area contributed by atoms with Gasteiger partial charge in [0.25, 0.3) is 5.89 Å². The number of aromatic nitrogens is 2. The fourth-order valence-corrected chi connectivity index (χ4v) is 3.42.